The Morgan fingerprint density at radius 2 is 2.35 bits per heavy atom. The lowest BCUT2D eigenvalue weighted by atomic mass is 10.2. The highest BCUT2D eigenvalue weighted by molar-refractivity contribution is 5.82. The third-order valence-electron chi connectivity index (χ3n) is 3.44. The molecule has 1 unspecified atom stereocenters. The molecule has 4 N–H and O–H groups in total. The molecule has 1 aliphatic rings. The van der Waals surface area contributed by atoms with Crippen molar-refractivity contribution in [3.63, 3.8) is 0 Å². The molecule has 1 saturated heterocycles. The molecule has 0 aliphatic carbocycles. The predicted molar refractivity (Wildman–Crippen MR) is 70.1 cm³/mol. The number of anilines is 1. The zero-order valence-electron chi connectivity index (χ0n) is 10.9. The van der Waals surface area contributed by atoms with Crippen molar-refractivity contribution in [2.75, 3.05) is 19.5 Å². The maximum Gasteiger partial charge on any atom is 0.227 e. The number of aromatic nitrogens is 3. The van der Waals surface area contributed by atoms with Gasteiger partial charge >= 0.3 is 0 Å². The molecule has 0 radical (unpaired) electrons. The molecule has 0 aromatic carbocycles. The Labute approximate surface area is 114 Å². The Bertz CT molecular complexity index is 629. The van der Waals surface area contributed by atoms with Crippen LogP contribution in [0.5, 0.6) is 5.88 Å². The van der Waals surface area contributed by atoms with Gasteiger partial charge in [-0.15, -0.1) is 0 Å². The molecular weight excluding hydrogens is 264 g/mol. The smallest absolute Gasteiger partial charge is 0.227 e. The summed E-state index contributed by atoms with van der Waals surface area (Å²) < 4.78 is 12.5. The van der Waals surface area contributed by atoms with Crippen LogP contribution in [0.15, 0.2) is 12.3 Å². The van der Waals surface area contributed by atoms with Crippen LogP contribution in [-0.4, -0.2) is 50.7 Å². The summed E-state index contributed by atoms with van der Waals surface area (Å²) in [5, 5.41) is 19.7. The molecule has 2 aromatic heterocycles. The van der Waals surface area contributed by atoms with Crippen LogP contribution in [0.2, 0.25) is 0 Å². The monoisotopic (exact) mass is 280 g/mol. The Morgan fingerprint density at radius 3 is 3.00 bits per heavy atom. The Balaban J connectivity index is 2.03. The second-order valence-corrected chi connectivity index (χ2v) is 4.67. The van der Waals surface area contributed by atoms with E-state index in [1.54, 1.807) is 16.8 Å². The maximum absolute atomic E-state index is 9.81. The van der Waals surface area contributed by atoms with Crippen LogP contribution in [-0.2, 0) is 4.74 Å². The van der Waals surface area contributed by atoms with Crippen molar-refractivity contribution in [3.8, 4) is 5.88 Å². The molecular formula is C12H16N4O4. The van der Waals surface area contributed by atoms with Crippen LogP contribution in [0.3, 0.4) is 0 Å². The topological polar surface area (TPSA) is 116 Å². The van der Waals surface area contributed by atoms with Gasteiger partial charge in [-0.3, -0.25) is 0 Å². The number of nitrogen functional groups attached to an aromatic ring is 1. The molecule has 3 heterocycles. The van der Waals surface area contributed by atoms with Crippen molar-refractivity contribution in [3.05, 3.63) is 12.3 Å². The lowest BCUT2D eigenvalue weighted by Crippen LogP contribution is -2.24. The number of nitrogens with zero attached hydrogens (tertiary/aromatic N) is 3. The van der Waals surface area contributed by atoms with Crippen LogP contribution in [0.1, 0.15) is 12.6 Å². The Kier molecular flexibility index (Phi) is 3.20. The van der Waals surface area contributed by atoms with E-state index in [2.05, 4.69) is 9.97 Å². The molecule has 20 heavy (non-hydrogen) atoms. The molecule has 3 atom stereocenters. The number of rotatable bonds is 3. The second-order valence-electron chi connectivity index (χ2n) is 4.67. The fourth-order valence-electron chi connectivity index (χ4n) is 2.46. The first-order valence-corrected chi connectivity index (χ1v) is 6.26. The highest BCUT2D eigenvalue weighted by Gasteiger charge is 2.35. The minimum absolute atomic E-state index is 0.103. The molecule has 8 nitrogen and oxygen atoms in total. The Morgan fingerprint density at radius 1 is 1.55 bits per heavy atom. The van der Waals surface area contributed by atoms with Gasteiger partial charge in [-0.25, -0.2) is 0 Å². The summed E-state index contributed by atoms with van der Waals surface area (Å²) in [7, 11) is 1.51. The van der Waals surface area contributed by atoms with Crippen molar-refractivity contribution in [2.24, 2.45) is 0 Å². The summed E-state index contributed by atoms with van der Waals surface area (Å²) in [5.41, 5.74) is 6.24. The van der Waals surface area contributed by atoms with E-state index in [0.29, 0.717) is 23.3 Å². The zero-order valence-corrected chi connectivity index (χ0v) is 10.9. The minimum Gasteiger partial charge on any atom is -0.480 e. The number of nitrogens with two attached hydrogens (primary N) is 1. The SMILES string of the molecule is COc1nc(N)nc2c1ccn2C1C[C@H](O)[C@@H](CO)O1. The van der Waals surface area contributed by atoms with Gasteiger partial charge in [-0.2, -0.15) is 9.97 Å². The van der Waals surface area contributed by atoms with Crippen molar-refractivity contribution >= 4 is 17.0 Å². The standard InChI is InChI=1S/C12H16N4O4/c1-19-11-6-2-3-16(10(6)14-12(13)15-11)9-4-7(18)8(5-17)20-9/h2-3,7-9,17-18H,4-5H2,1H3,(H2,13,14,15)/t7-,8+,9?/m0/s1. The van der Waals surface area contributed by atoms with E-state index in [1.165, 1.54) is 7.11 Å². The van der Waals surface area contributed by atoms with E-state index in [9.17, 15) is 5.11 Å². The molecule has 2 aromatic rings. The van der Waals surface area contributed by atoms with Crippen molar-refractivity contribution in [1.29, 1.82) is 0 Å². The highest BCUT2D eigenvalue weighted by Crippen LogP contribution is 2.33. The van der Waals surface area contributed by atoms with Crippen LogP contribution >= 0.6 is 0 Å². The van der Waals surface area contributed by atoms with Crippen molar-refractivity contribution in [2.45, 2.75) is 24.9 Å². The Hall–Kier alpha value is -1.90. The average molecular weight is 280 g/mol. The quantitative estimate of drug-likeness (QED) is 0.704. The van der Waals surface area contributed by atoms with Gasteiger partial charge in [-0.1, -0.05) is 0 Å². The number of aliphatic hydroxyl groups is 2. The summed E-state index contributed by atoms with van der Waals surface area (Å²) in [6, 6.07) is 1.80. The first kappa shape index (κ1) is 13.1. The average Bonchev–Trinajstić information content (AvgIpc) is 3.00. The van der Waals surface area contributed by atoms with Crippen LogP contribution < -0.4 is 10.5 Å². The van der Waals surface area contributed by atoms with Gasteiger partial charge < -0.3 is 30.0 Å². The van der Waals surface area contributed by atoms with E-state index in [1.807, 2.05) is 0 Å². The summed E-state index contributed by atoms with van der Waals surface area (Å²) in [4.78, 5) is 8.20. The maximum atomic E-state index is 9.81. The minimum atomic E-state index is -0.705. The third kappa shape index (κ3) is 1.98. The van der Waals surface area contributed by atoms with Gasteiger partial charge in [0.25, 0.3) is 0 Å². The normalized spacial score (nSPS) is 26.2. The van der Waals surface area contributed by atoms with Crippen LogP contribution in [0, 0.1) is 0 Å². The van der Waals surface area contributed by atoms with Crippen LogP contribution in [0.25, 0.3) is 11.0 Å². The van der Waals surface area contributed by atoms with Gasteiger partial charge in [-0.05, 0) is 6.07 Å². The van der Waals surface area contributed by atoms with Gasteiger partial charge in [0.2, 0.25) is 11.8 Å². The second kappa shape index (κ2) is 4.89. The van der Waals surface area contributed by atoms with Crippen molar-refractivity contribution in [1.82, 2.24) is 14.5 Å². The number of hydrogen-bond donors (Lipinski definition) is 3. The fraction of sp³-hybridized carbons (Fsp3) is 0.500. The summed E-state index contributed by atoms with van der Waals surface area (Å²) in [5.74, 6) is 0.495. The van der Waals surface area contributed by atoms with E-state index >= 15 is 0 Å². The molecule has 8 heteroatoms. The summed E-state index contributed by atoms with van der Waals surface area (Å²) >= 11 is 0. The number of hydrogen-bond acceptors (Lipinski definition) is 7. The third-order valence-corrected chi connectivity index (χ3v) is 3.44. The summed E-state index contributed by atoms with van der Waals surface area (Å²) in [6.07, 6.45) is 0.459. The van der Waals surface area contributed by atoms with E-state index in [0.717, 1.165) is 0 Å². The molecule has 0 saturated carbocycles. The van der Waals surface area contributed by atoms with Gasteiger partial charge in [0, 0.05) is 12.6 Å². The molecule has 108 valence electrons. The van der Waals surface area contributed by atoms with Gasteiger partial charge in [0.1, 0.15) is 12.3 Å². The first-order valence-electron chi connectivity index (χ1n) is 6.26. The molecule has 1 fully saturated rings. The van der Waals surface area contributed by atoms with Gasteiger partial charge in [0.15, 0.2) is 5.65 Å². The van der Waals surface area contributed by atoms with Crippen molar-refractivity contribution < 1.29 is 19.7 Å². The molecule has 0 bridgehead atoms. The predicted octanol–water partition coefficient (Wildman–Crippen LogP) is -0.337. The number of fused-ring (bicyclic) bond motifs is 1. The first-order chi connectivity index (χ1) is 9.63. The molecule has 3 rings (SSSR count). The van der Waals surface area contributed by atoms with E-state index in [-0.39, 0.29) is 12.6 Å². The lowest BCUT2D eigenvalue weighted by Gasteiger charge is -2.14. The number of methoxy groups -OCH3 is 1. The van der Waals surface area contributed by atoms with E-state index < -0.39 is 18.4 Å². The number of ether oxygens (including phenoxy) is 2. The molecule has 0 spiro atoms. The highest BCUT2D eigenvalue weighted by atomic mass is 16.5. The van der Waals surface area contributed by atoms with Gasteiger partial charge in [0.05, 0.1) is 25.2 Å². The van der Waals surface area contributed by atoms with E-state index in [4.69, 9.17) is 20.3 Å². The zero-order chi connectivity index (χ0) is 14.3. The lowest BCUT2D eigenvalue weighted by molar-refractivity contribution is -0.0430. The number of aliphatic hydroxyl groups excluding tert-OH is 2. The molecule has 0 amide bonds. The van der Waals surface area contributed by atoms with Crippen LogP contribution in [0.4, 0.5) is 5.95 Å². The molecule has 1 aliphatic heterocycles. The summed E-state index contributed by atoms with van der Waals surface area (Å²) in [6.45, 7) is -0.225. The fourth-order valence-corrected chi connectivity index (χ4v) is 2.46. The largest absolute Gasteiger partial charge is 0.480 e.